The molecule has 16 unspecified atom stereocenters. The summed E-state index contributed by atoms with van der Waals surface area (Å²) in [6.07, 6.45) is 3.59. The number of hydrogen-bond acceptors (Lipinski definition) is 10. The van der Waals surface area contributed by atoms with Crippen molar-refractivity contribution < 1.29 is 18.9 Å². The maximum Gasteiger partial charge on any atom is 0.164 e. The molecule has 10 aliphatic heterocycles. The minimum absolute atomic E-state index is 0.167. The third-order valence-corrected chi connectivity index (χ3v) is 33.1. The number of ether oxygens (including phenoxy) is 4. The Labute approximate surface area is 869 Å². The van der Waals surface area contributed by atoms with Gasteiger partial charge < -0.3 is 28.9 Å². The fraction of sp³-hybridized carbons (Fsp3) is 0.300. The van der Waals surface area contributed by atoms with Gasteiger partial charge in [0, 0.05) is 287 Å². The highest BCUT2D eigenvalue weighted by molar-refractivity contribution is 7.34. The predicted molar refractivity (Wildman–Crippen MR) is 619 cm³/mol. The molecule has 13 heterocycles. The second kappa shape index (κ2) is 38.0. The van der Waals surface area contributed by atoms with Crippen molar-refractivity contribution >= 4 is 397 Å². The van der Waals surface area contributed by atoms with Crippen LogP contribution in [-0.4, -0.2) is 393 Å². The Kier molecular flexibility index (Phi) is 27.0. The Morgan fingerprint density at radius 2 is 0.400 bits per heavy atom. The largest absolute Gasteiger partial charge is 0.457 e. The summed E-state index contributed by atoms with van der Waals surface area (Å²) in [6.45, 7) is -2.52. The average Bonchev–Trinajstić information content (AvgIpc) is 1.56. The Bertz CT molecular complexity index is 6320. The van der Waals surface area contributed by atoms with Crippen LogP contribution >= 0.6 is 0 Å². The first-order valence-electron chi connectivity index (χ1n) is 47.1. The van der Waals surface area contributed by atoms with E-state index in [1.54, 1.807) is 115 Å². The SMILES string of the molecule is [B][10B]C1[10B]([B])C1([10B][B])Cc1cc(CC2([10B][B])[10B]([B])C2[10B][B])cc(Oc2ccc3c(c2)-c2nc-3nc3[nH]c(nc4nc(nc5[nH]c(n2)c2ccc(Oc6cc(CC7([10B][B])[10B]([B])C7[10B][B])cc(CC7([10B][B])[10B]([B])C7[10B][B])c6)cc52)-c2ccc(Oc5cc(CC6([10B][B])[10B]([B])C6[10B][B])cc(CC6([10B][B])[10B]([B])C6[10B][B])c5)cc2-4)c2ccc(Oc4cc(CC5([10B][B])[10B]([B])C5[10B][B])cc(CC5([10B][B])[10B]([B])C5[10B][B])c4)cc32)c1. The smallest absolute Gasteiger partial charge is 0.164 e. The zero-order valence-electron chi connectivity index (χ0n) is 77.2. The normalized spacial score (nSPS) is 27.3. The monoisotopic (exact) mass is 1690 g/mol. The first-order valence-corrected chi connectivity index (χ1v) is 47.1. The Hall–Kier alpha value is -6.56. The molecule has 3 aromatic heterocycles. The molecule has 10 aliphatic rings. The standard InChI is InChI=1S/C80H50B48N8O4/c81-105-65-73(113-89,121(65)97)25-33-9-34(26-74(114-90)66(106-82)122(74)98)14-45(13-33)137-41-1-5-49-53(21-41)61-129-57(49)133-62-54-22-42(138-46-15-35(27-75(115-91)67(107-83)123(75)99)10-36(16-46)28-76(116-92)68(108-84)124(76)100)2-6-50(54)59(130-62)135-64-56-24-44(140-48-19-39(31-79(119-95)71(111-87)127(79)103)12-40(20-48)32-80(120-96)72(112-88)128(80)104)4-8-52(56)60(132-64)136-63-55-23-43(3-7-51(55)58(131-63)134-61)139-47-17-37(29-77(117-93)69(109-85)125(77)101)11-38(18-47)30-78(118-94)70(110-86)126(78)102/h1-24,65-72H,25-32H2,(H2,129,130,131,132,133,134,135,136)/i105-1,106-1,107-1,108-1,109-1,110-1,111-1,112-1,113-1,114-1,115-1,116-1,117-1,118-1,119-1,120-1,121-1,122-1,123-1,124-1,125-1,126-1,127-1,128-1. The second-order valence-electron chi connectivity index (χ2n) is 40.4. The van der Waals surface area contributed by atoms with Crippen LogP contribution in [-0.2, 0) is 51.4 Å². The summed E-state index contributed by atoms with van der Waals surface area (Å²) >= 11 is 0. The van der Waals surface area contributed by atoms with E-state index in [1.807, 2.05) is 121 Å². The van der Waals surface area contributed by atoms with Gasteiger partial charge in [0.2, 0.25) is 0 Å². The molecule has 8 fully saturated rings. The lowest BCUT2D eigenvalue weighted by Crippen LogP contribution is -2.17. The third kappa shape index (κ3) is 16.7. The molecular weight excluding hydrogens is 1640 g/mol. The first kappa shape index (κ1) is 99.4. The van der Waals surface area contributed by atoms with Crippen LogP contribution in [0, 0.1) is 0 Å². The molecule has 578 valence electrons. The molecule has 8 saturated heterocycles. The van der Waals surface area contributed by atoms with Crippen molar-refractivity contribution in [2.75, 3.05) is 0 Å². The Morgan fingerprint density at radius 1 is 0.214 bits per heavy atom. The number of hydrogen-bond donors (Lipinski definition) is 2. The molecular formula is C80H50B48N8O4. The molecule has 2 N–H and O–H groups in total. The van der Waals surface area contributed by atoms with Crippen LogP contribution < -0.4 is 18.9 Å². The lowest BCUT2D eigenvalue weighted by Gasteiger charge is -2.22. The molecule has 140 heavy (non-hydrogen) atoms. The van der Waals surface area contributed by atoms with Gasteiger partial charge in [-0.05, 0) is 217 Å². The van der Waals surface area contributed by atoms with Crippen LogP contribution in [0.25, 0.3) is 89.7 Å². The first-order chi connectivity index (χ1) is 67.5. The summed E-state index contributed by atoms with van der Waals surface area (Å²) in [7, 11) is 181. The number of fused-ring (bicyclic) bond motifs is 20. The van der Waals surface area contributed by atoms with Gasteiger partial charge >= 0.3 is 0 Å². The van der Waals surface area contributed by atoms with Gasteiger partial charge in [0.05, 0.1) is 110 Å². The Morgan fingerprint density at radius 3 is 0.593 bits per heavy atom. The zero-order valence-corrected chi connectivity index (χ0v) is 77.2. The topological polar surface area (TPSA) is 146 Å². The van der Waals surface area contributed by atoms with Crippen molar-refractivity contribution in [3.05, 3.63) is 190 Å². The van der Waals surface area contributed by atoms with Crippen LogP contribution in [0.15, 0.2) is 146 Å². The van der Waals surface area contributed by atoms with Gasteiger partial charge in [0.1, 0.15) is 68.6 Å². The molecule has 60 heteroatoms. The van der Waals surface area contributed by atoms with Crippen molar-refractivity contribution in [3.63, 3.8) is 0 Å². The molecule has 21 rings (SSSR count). The van der Waals surface area contributed by atoms with Gasteiger partial charge in [-0.25, -0.2) is 29.9 Å². The number of nitrogens with zero attached hydrogens (tertiary/aromatic N) is 6. The number of aromatic amines is 2. The van der Waals surface area contributed by atoms with Gasteiger partial charge in [-0.1, -0.05) is 24.3 Å². The van der Waals surface area contributed by atoms with E-state index in [2.05, 4.69) is 34.2 Å². The van der Waals surface area contributed by atoms with Gasteiger partial charge in [0.15, 0.2) is 23.3 Å². The third-order valence-electron chi connectivity index (χ3n) is 33.1. The minimum Gasteiger partial charge on any atom is -0.457 e. The summed E-state index contributed by atoms with van der Waals surface area (Å²) in [5.41, 5.74) is 9.42. The van der Waals surface area contributed by atoms with Crippen molar-refractivity contribution in [3.8, 4) is 91.5 Å². The number of benzene rings is 8. The fourth-order valence-electron chi connectivity index (χ4n) is 24.0. The van der Waals surface area contributed by atoms with Gasteiger partial charge in [-0.2, -0.15) is 0 Å². The fourth-order valence-corrected chi connectivity index (χ4v) is 24.0. The highest BCUT2D eigenvalue weighted by Gasteiger charge is 2.65. The maximum absolute atomic E-state index is 7.09. The van der Waals surface area contributed by atoms with E-state index in [1.165, 1.54) is 0 Å². The molecule has 0 spiro atoms. The molecule has 64 radical (unpaired) electrons. The molecule has 8 bridgehead atoms. The summed E-state index contributed by atoms with van der Waals surface area (Å²) in [5, 5.41) is -2.58. The molecule has 8 aromatic carbocycles. The van der Waals surface area contributed by atoms with Gasteiger partial charge in [0.25, 0.3) is 0 Å². The van der Waals surface area contributed by atoms with E-state index in [4.69, 9.17) is 235 Å². The van der Waals surface area contributed by atoms with Crippen molar-refractivity contribution in [2.24, 2.45) is 0 Å². The second-order valence-corrected chi connectivity index (χ2v) is 40.4. The van der Waals surface area contributed by atoms with Crippen LogP contribution in [0.3, 0.4) is 0 Å². The Balaban J connectivity index is 0.747. The van der Waals surface area contributed by atoms with E-state index >= 15 is 0 Å². The zero-order chi connectivity index (χ0) is 98.1. The van der Waals surface area contributed by atoms with E-state index in [0.29, 0.717) is 164 Å². The van der Waals surface area contributed by atoms with Crippen LogP contribution in [0.4, 0.5) is 0 Å². The van der Waals surface area contributed by atoms with Crippen LogP contribution in [0.2, 0.25) is 87.4 Å². The molecule has 0 aliphatic carbocycles. The quantitative estimate of drug-likeness (QED) is 0.0524. The van der Waals surface area contributed by atoms with Crippen molar-refractivity contribution in [1.82, 2.24) is 39.9 Å². The van der Waals surface area contributed by atoms with E-state index < -0.39 is 41.7 Å². The predicted octanol–water partition coefficient (Wildman–Crippen LogP) is 0.575. The average molecular weight is 1690 g/mol. The van der Waals surface area contributed by atoms with E-state index in [9.17, 15) is 0 Å². The number of rotatable bonds is 40. The van der Waals surface area contributed by atoms with Crippen LogP contribution in [0.1, 0.15) is 44.5 Å². The lowest BCUT2D eigenvalue weighted by atomic mass is 8.78. The number of aromatic nitrogens is 8. The van der Waals surface area contributed by atoms with Gasteiger partial charge in [-0.15, -0.1) is 87.4 Å². The summed E-state index contributed by atoms with van der Waals surface area (Å²) < 4.78 is 28.4. The molecule has 0 saturated carbocycles. The highest BCUT2D eigenvalue weighted by atomic mass is 16.5. The molecule has 12 nitrogen and oxygen atoms in total. The summed E-state index contributed by atoms with van der Waals surface area (Å²) in [5.74, 6) is 4.73. The minimum atomic E-state index is -0.620. The maximum atomic E-state index is 7.09. The molecule has 0 amide bonds. The number of nitrogens with one attached hydrogen (secondary N) is 2. The molecule has 16 atom stereocenters. The summed E-state index contributed by atoms with van der Waals surface area (Å²) in [6, 6.07) is 46.9. The highest BCUT2D eigenvalue weighted by Crippen LogP contribution is 2.69. The van der Waals surface area contributed by atoms with Crippen LogP contribution in [0.5, 0.6) is 46.0 Å². The van der Waals surface area contributed by atoms with Crippen molar-refractivity contribution in [2.45, 2.75) is 139 Å². The van der Waals surface area contributed by atoms with Gasteiger partial charge in [-0.3, -0.25) is 0 Å². The summed E-state index contributed by atoms with van der Waals surface area (Å²) in [4.78, 5) is 40.4. The van der Waals surface area contributed by atoms with Crippen molar-refractivity contribution in [1.29, 1.82) is 0 Å². The number of H-pyrrole nitrogens is 2. The molecule has 11 aromatic rings. The van der Waals surface area contributed by atoms with E-state index in [-0.39, 0.29) is 122 Å². The van der Waals surface area contributed by atoms with E-state index in [0.717, 1.165) is 44.5 Å². The lowest BCUT2D eigenvalue weighted by molar-refractivity contribution is 0.481.